The van der Waals surface area contributed by atoms with E-state index in [1.165, 1.54) is 74.1 Å². The van der Waals surface area contributed by atoms with Gasteiger partial charge >= 0.3 is 33.1 Å². The summed E-state index contributed by atoms with van der Waals surface area (Å²) in [5, 5.41) is 0. The van der Waals surface area contributed by atoms with Gasteiger partial charge in [0.25, 0.3) is 22.7 Å². The number of nitrogens with zero attached hydrogens (tertiary/aromatic N) is 4. The minimum atomic E-state index is 0. The Morgan fingerprint density at radius 3 is 1.26 bits per heavy atom. The number of hydrogen-bond donors (Lipinski definition) is 0. The molecule has 0 spiro atoms. The van der Waals surface area contributed by atoms with Crippen LogP contribution in [-0.2, 0) is 21.1 Å². The molecule has 0 radical (unpaired) electrons. The Labute approximate surface area is 250 Å². The monoisotopic (exact) mass is 705 g/mol. The van der Waals surface area contributed by atoms with Gasteiger partial charge in [0, 0.05) is 65.8 Å². The smallest absolute Gasteiger partial charge is 0.260 e. The normalized spacial score (nSPS) is 22.2. The van der Waals surface area contributed by atoms with Gasteiger partial charge in [-0.15, -0.1) is 9.15 Å². The van der Waals surface area contributed by atoms with Crippen LogP contribution in [0.15, 0.2) is 48.5 Å². The van der Waals surface area contributed by atoms with Gasteiger partial charge < -0.3 is 0 Å². The van der Waals surface area contributed by atoms with Crippen molar-refractivity contribution in [3.05, 3.63) is 61.4 Å². The molecule has 0 bridgehead atoms. The van der Waals surface area contributed by atoms with Crippen molar-refractivity contribution >= 4 is 34.8 Å². The number of rotatable bonds is 2. The Hall–Kier alpha value is -2.11. The Morgan fingerprint density at radius 1 is 0.590 bits per heavy atom. The molecule has 39 heavy (non-hydrogen) atoms. The molecule has 0 aromatic heterocycles. The summed E-state index contributed by atoms with van der Waals surface area (Å²) in [6, 6.07) is 25.6. The Kier molecular flexibility index (Phi) is 9.33. The van der Waals surface area contributed by atoms with Crippen molar-refractivity contribution in [1.29, 1.82) is 0 Å². The van der Waals surface area contributed by atoms with Crippen LogP contribution in [0.2, 0.25) is 0 Å². The number of hydrogen-bond acceptors (Lipinski definition) is 0. The molecule has 4 aliphatic rings. The molecule has 2 fully saturated rings. The van der Waals surface area contributed by atoms with Gasteiger partial charge in [-0.3, -0.25) is 12.8 Å². The topological polar surface area (TPSA) is 12.0 Å². The minimum Gasteiger partial charge on any atom is -0.260 e. The first-order chi connectivity index (χ1) is 18.1. The van der Waals surface area contributed by atoms with Crippen molar-refractivity contribution in [2.75, 3.05) is 0 Å². The molecule has 208 valence electrons. The van der Waals surface area contributed by atoms with Gasteiger partial charge in [0.05, 0.1) is 12.1 Å². The molecule has 2 heterocycles. The van der Waals surface area contributed by atoms with Crippen molar-refractivity contribution in [3.63, 3.8) is 0 Å². The zero-order valence-electron chi connectivity index (χ0n) is 24.7. The first-order valence-corrected chi connectivity index (χ1v) is 14.7. The van der Waals surface area contributed by atoms with E-state index in [0.717, 1.165) is 0 Å². The molecule has 4 nitrogen and oxygen atoms in total. The van der Waals surface area contributed by atoms with Crippen LogP contribution in [0.25, 0.3) is 0 Å². The summed E-state index contributed by atoms with van der Waals surface area (Å²) in [5.74, 6) is 0. The summed E-state index contributed by atoms with van der Waals surface area (Å²) in [5.41, 5.74) is 5.32. The van der Waals surface area contributed by atoms with Crippen LogP contribution in [-0.4, -0.2) is 53.5 Å². The SMILES string of the molecule is CC(C)(C)[N+]1=C=[N+](C2[CH-]CCCC2)c2ccccc21.CC(C)(C)[N+]1=C=[N+](C2[CH-]CCCC2)c2ccccc21.[Pt+2]. The maximum atomic E-state index is 3.60. The van der Waals surface area contributed by atoms with Crippen molar-refractivity contribution in [2.24, 2.45) is 0 Å². The number of para-hydroxylation sites is 4. The summed E-state index contributed by atoms with van der Waals surface area (Å²) in [7, 11) is 0. The zero-order chi connectivity index (χ0) is 26.9. The second kappa shape index (κ2) is 12.2. The van der Waals surface area contributed by atoms with Crippen LogP contribution < -0.4 is 0 Å². The van der Waals surface area contributed by atoms with Crippen LogP contribution in [0.1, 0.15) is 92.9 Å². The molecular weight excluding hydrogens is 659 g/mol. The first kappa shape index (κ1) is 29.9. The molecule has 2 aromatic carbocycles. The molecule has 2 saturated carbocycles. The fourth-order valence-electron chi connectivity index (χ4n) is 5.99. The maximum Gasteiger partial charge on any atom is 2.00 e. The van der Waals surface area contributed by atoms with E-state index in [1.807, 2.05) is 0 Å². The van der Waals surface area contributed by atoms with Gasteiger partial charge in [0.15, 0.2) is 11.1 Å². The molecule has 6 rings (SSSR count). The Morgan fingerprint density at radius 2 is 0.949 bits per heavy atom. The molecule has 5 heteroatoms. The number of fused-ring (bicyclic) bond motifs is 2. The van der Waals surface area contributed by atoms with Crippen LogP contribution >= 0.6 is 0 Å². The molecule has 0 saturated heterocycles. The fraction of sp³-hybridized carbons (Fsp3) is 0.529. The van der Waals surface area contributed by atoms with E-state index in [-0.39, 0.29) is 32.1 Å². The molecule has 0 N–H and O–H groups in total. The van der Waals surface area contributed by atoms with Crippen LogP contribution in [0.3, 0.4) is 0 Å². The third-order valence-electron chi connectivity index (χ3n) is 7.97. The van der Waals surface area contributed by atoms with Crippen molar-refractivity contribution in [3.8, 4) is 0 Å². The molecule has 2 aliphatic carbocycles. The minimum absolute atomic E-state index is 0. The van der Waals surface area contributed by atoms with E-state index in [2.05, 4.69) is 133 Å². The average molecular weight is 706 g/mol. The zero-order valence-corrected chi connectivity index (χ0v) is 27.0. The third kappa shape index (κ3) is 6.46. The van der Waals surface area contributed by atoms with Crippen molar-refractivity contribution in [1.82, 2.24) is 0 Å². The van der Waals surface area contributed by atoms with Gasteiger partial charge in [-0.1, -0.05) is 59.1 Å². The van der Waals surface area contributed by atoms with E-state index in [4.69, 9.17) is 0 Å². The van der Waals surface area contributed by atoms with Crippen molar-refractivity contribution in [2.45, 2.75) is 116 Å². The van der Waals surface area contributed by atoms with E-state index >= 15 is 0 Å². The summed E-state index contributed by atoms with van der Waals surface area (Å²) in [6.07, 6.45) is 15.2. The maximum absolute atomic E-state index is 3.60. The van der Waals surface area contributed by atoms with Crippen LogP contribution in [0, 0.1) is 12.8 Å². The van der Waals surface area contributed by atoms with E-state index < -0.39 is 0 Å². The van der Waals surface area contributed by atoms with E-state index in [1.54, 1.807) is 0 Å². The molecular formula is C34H46N4Pt+4. The standard InChI is InChI=1S/2C17H23N2.Pt/c2*1-17(2,3)19-13-18(14-9-5-4-6-10-14)15-11-7-8-12-16(15)19;/h2*7-9,11-12,14H,4-6,10H2,1-3H3;/q2*+1;+2. The van der Waals surface area contributed by atoms with Gasteiger partial charge in [0.2, 0.25) is 0 Å². The fourth-order valence-corrected chi connectivity index (χ4v) is 5.99. The third-order valence-corrected chi connectivity index (χ3v) is 7.97. The first-order valence-electron chi connectivity index (χ1n) is 14.7. The second-order valence-corrected chi connectivity index (χ2v) is 13.1. The molecule has 2 atom stereocenters. The largest absolute Gasteiger partial charge is 2.00 e. The summed E-state index contributed by atoms with van der Waals surface area (Å²) in [6.45, 7) is 13.4. The van der Waals surface area contributed by atoms with E-state index in [0.29, 0.717) is 12.1 Å². The van der Waals surface area contributed by atoms with Gasteiger partial charge in [-0.2, -0.15) is 12.8 Å². The molecule has 2 aliphatic heterocycles. The Balaban J connectivity index is 0.000000176. The average Bonchev–Trinajstić information content (AvgIpc) is 3.50. The van der Waals surface area contributed by atoms with E-state index in [9.17, 15) is 0 Å². The quantitative estimate of drug-likeness (QED) is 0.221. The van der Waals surface area contributed by atoms with Crippen LogP contribution in [0.5, 0.6) is 0 Å². The van der Waals surface area contributed by atoms with Gasteiger partial charge in [0.1, 0.15) is 0 Å². The second-order valence-electron chi connectivity index (χ2n) is 13.1. The number of benzene rings is 2. The molecule has 2 unspecified atom stereocenters. The Bertz CT molecular complexity index is 1210. The predicted molar refractivity (Wildman–Crippen MR) is 155 cm³/mol. The van der Waals surface area contributed by atoms with Crippen molar-refractivity contribution < 1.29 is 39.4 Å². The molecule has 2 aromatic rings. The predicted octanol–water partition coefficient (Wildman–Crippen LogP) is 8.21. The van der Waals surface area contributed by atoms with Crippen LogP contribution in [0.4, 0.5) is 22.7 Å². The summed E-state index contributed by atoms with van der Waals surface area (Å²) < 4.78 is 9.26. The molecule has 0 amide bonds. The van der Waals surface area contributed by atoms with Gasteiger partial charge in [-0.25, -0.2) is 0 Å². The van der Waals surface area contributed by atoms with Gasteiger partial charge in [-0.05, 0) is 12.8 Å². The summed E-state index contributed by atoms with van der Waals surface area (Å²) >= 11 is 0. The summed E-state index contributed by atoms with van der Waals surface area (Å²) in [4.78, 5) is 0.